The van der Waals surface area contributed by atoms with Gasteiger partial charge in [0.25, 0.3) is 5.69 Å². The van der Waals surface area contributed by atoms with Crippen LogP contribution in [0.4, 0.5) is 5.69 Å². The average molecular weight is 290 g/mol. The third kappa shape index (κ3) is 3.24. The van der Waals surface area contributed by atoms with Gasteiger partial charge in [-0.25, -0.2) is 0 Å². The molecule has 3 atom stereocenters. The van der Waals surface area contributed by atoms with E-state index in [1.54, 1.807) is 12.1 Å². The molecule has 2 aliphatic rings. The van der Waals surface area contributed by atoms with Gasteiger partial charge in [0, 0.05) is 18.2 Å². The van der Waals surface area contributed by atoms with Crippen LogP contribution in [0.1, 0.15) is 49.3 Å². The molecule has 5 heteroatoms. The van der Waals surface area contributed by atoms with Crippen LogP contribution in [0, 0.1) is 16.0 Å². The molecule has 114 valence electrons. The van der Waals surface area contributed by atoms with E-state index in [9.17, 15) is 15.2 Å². The summed E-state index contributed by atoms with van der Waals surface area (Å²) in [5.74, 6) is 0.532. The summed E-state index contributed by atoms with van der Waals surface area (Å²) in [5, 5.41) is 24.1. The zero-order chi connectivity index (χ0) is 14.8. The van der Waals surface area contributed by atoms with E-state index in [1.165, 1.54) is 5.56 Å². The van der Waals surface area contributed by atoms with Crippen LogP contribution in [0.15, 0.2) is 18.2 Å². The van der Waals surface area contributed by atoms with Crippen molar-refractivity contribution in [1.82, 2.24) is 5.32 Å². The van der Waals surface area contributed by atoms with Crippen LogP contribution >= 0.6 is 0 Å². The first kappa shape index (κ1) is 14.5. The molecule has 2 aliphatic carbocycles. The Hall–Kier alpha value is -1.46. The normalized spacial score (nSPS) is 28.3. The Morgan fingerprint density at radius 1 is 1.33 bits per heavy atom. The Balaban J connectivity index is 1.70. The van der Waals surface area contributed by atoms with E-state index in [0.717, 1.165) is 50.6 Å². The van der Waals surface area contributed by atoms with Gasteiger partial charge in [-0.1, -0.05) is 6.07 Å². The predicted molar refractivity (Wildman–Crippen MR) is 80.1 cm³/mol. The molecule has 3 rings (SSSR count). The van der Waals surface area contributed by atoms with Gasteiger partial charge in [-0.2, -0.15) is 0 Å². The smallest absolute Gasteiger partial charge is 0.269 e. The van der Waals surface area contributed by atoms with Crippen LogP contribution < -0.4 is 5.32 Å². The van der Waals surface area contributed by atoms with Gasteiger partial charge >= 0.3 is 0 Å². The van der Waals surface area contributed by atoms with E-state index < -0.39 is 0 Å². The first-order chi connectivity index (χ1) is 10.1. The summed E-state index contributed by atoms with van der Waals surface area (Å²) < 4.78 is 0. The third-order valence-electron chi connectivity index (χ3n) is 4.82. The number of aryl methyl sites for hydroxylation is 1. The fraction of sp³-hybridized carbons (Fsp3) is 0.625. The molecular weight excluding hydrogens is 268 g/mol. The van der Waals surface area contributed by atoms with E-state index in [4.69, 9.17) is 0 Å². The number of rotatable bonds is 4. The number of aliphatic hydroxyl groups is 1. The highest BCUT2D eigenvalue weighted by molar-refractivity contribution is 5.42. The quantitative estimate of drug-likeness (QED) is 0.660. The van der Waals surface area contributed by atoms with E-state index in [1.807, 2.05) is 6.07 Å². The molecular formula is C16H22N2O3. The number of benzene rings is 1. The Bertz CT molecular complexity index is 532. The van der Waals surface area contributed by atoms with Gasteiger partial charge in [-0.3, -0.25) is 10.1 Å². The minimum atomic E-state index is -0.320. The van der Waals surface area contributed by atoms with Crippen LogP contribution in [-0.4, -0.2) is 22.7 Å². The Labute approximate surface area is 124 Å². The van der Waals surface area contributed by atoms with Gasteiger partial charge in [-0.05, 0) is 62.1 Å². The summed E-state index contributed by atoms with van der Waals surface area (Å²) in [6.45, 7) is 0.893. The van der Waals surface area contributed by atoms with Crippen molar-refractivity contribution in [2.45, 2.75) is 50.7 Å². The summed E-state index contributed by atoms with van der Waals surface area (Å²) in [5.41, 5.74) is 2.50. The van der Waals surface area contributed by atoms with Crippen LogP contribution in [0.25, 0.3) is 0 Å². The monoisotopic (exact) mass is 290 g/mol. The lowest BCUT2D eigenvalue weighted by Crippen LogP contribution is -2.29. The highest BCUT2D eigenvalue weighted by atomic mass is 16.6. The minimum absolute atomic E-state index is 0.142. The molecule has 21 heavy (non-hydrogen) atoms. The van der Waals surface area contributed by atoms with Crippen molar-refractivity contribution in [3.63, 3.8) is 0 Å². The first-order valence-electron chi connectivity index (χ1n) is 7.82. The van der Waals surface area contributed by atoms with Crippen LogP contribution in [-0.2, 0) is 6.42 Å². The fourth-order valence-electron chi connectivity index (χ4n) is 3.65. The Morgan fingerprint density at radius 3 is 2.90 bits per heavy atom. The van der Waals surface area contributed by atoms with Crippen LogP contribution in [0.5, 0.6) is 0 Å². The highest BCUT2D eigenvalue weighted by Gasteiger charge is 2.26. The van der Waals surface area contributed by atoms with Gasteiger partial charge in [0.05, 0.1) is 11.0 Å². The van der Waals surface area contributed by atoms with Crippen molar-refractivity contribution in [3.8, 4) is 0 Å². The molecule has 1 fully saturated rings. The molecule has 0 unspecified atom stereocenters. The number of nitrogens with one attached hydrogen (secondary N) is 1. The molecule has 1 saturated carbocycles. The molecule has 0 amide bonds. The molecule has 0 radical (unpaired) electrons. The first-order valence-corrected chi connectivity index (χ1v) is 7.82. The van der Waals surface area contributed by atoms with Gasteiger partial charge in [0.1, 0.15) is 0 Å². The van der Waals surface area contributed by atoms with Crippen molar-refractivity contribution in [1.29, 1.82) is 0 Å². The maximum Gasteiger partial charge on any atom is 0.269 e. The minimum Gasteiger partial charge on any atom is -0.393 e. The number of non-ortho nitro benzene ring substituents is 1. The number of hydrogen-bond donors (Lipinski definition) is 2. The number of nitro benzene ring substituents is 1. The van der Waals surface area contributed by atoms with Crippen molar-refractivity contribution >= 4 is 5.69 Å². The average Bonchev–Trinajstić information content (AvgIpc) is 2.90. The van der Waals surface area contributed by atoms with E-state index in [-0.39, 0.29) is 22.8 Å². The molecule has 0 spiro atoms. The van der Waals surface area contributed by atoms with Crippen LogP contribution in [0.2, 0.25) is 0 Å². The van der Waals surface area contributed by atoms with E-state index in [2.05, 4.69) is 5.32 Å². The van der Waals surface area contributed by atoms with E-state index in [0.29, 0.717) is 5.92 Å². The number of nitrogens with zero attached hydrogens (tertiary/aromatic N) is 1. The predicted octanol–water partition coefficient (Wildman–Crippen LogP) is 2.72. The second-order valence-electron chi connectivity index (χ2n) is 6.33. The summed E-state index contributed by atoms with van der Waals surface area (Å²) in [6, 6.07) is 5.46. The largest absolute Gasteiger partial charge is 0.393 e. The van der Waals surface area contributed by atoms with Gasteiger partial charge < -0.3 is 10.4 Å². The summed E-state index contributed by atoms with van der Waals surface area (Å²) >= 11 is 0. The maximum absolute atomic E-state index is 11.0. The molecule has 0 aromatic heterocycles. The molecule has 2 N–H and O–H groups in total. The number of hydrogen-bond acceptors (Lipinski definition) is 4. The number of nitro groups is 1. The fourth-order valence-corrected chi connectivity index (χ4v) is 3.65. The zero-order valence-electron chi connectivity index (χ0n) is 12.1. The molecule has 0 bridgehead atoms. The molecule has 1 aromatic carbocycles. The van der Waals surface area contributed by atoms with Crippen molar-refractivity contribution < 1.29 is 10.0 Å². The van der Waals surface area contributed by atoms with Gasteiger partial charge in [0.15, 0.2) is 0 Å². The summed E-state index contributed by atoms with van der Waals surface area (Å²) in [6.07, 6.45) is 5.87. The molecule has 1 aromatic rings. The lowest BCUT2D eigenvalue weighted by Gasteiger charge is -2.27. The Morgan fingerprint density at radius 2 is 2.19 bits per heavy atom. The third-order valence-corrected chi connectivity index (χ3v) is 4.82. The standard InChI is InChI=1S/C16H22N2O3/c19-14-7-4-11(8-14)10-17-16-3-1-2-12-5-6-13(18(20)21)9-15(12)16/h5-6,9,11,14,16-17,19H,1-4,7-8,10H2/t11-,14-,16-/m1/s1. The summed E-state index contributed by atoms with van der Waals surface area (Å²) in [7, 11) is 0. The maximum atomic E-state index is 11.0. The lowest BCUT2D eigenvalue weighted by molar-refractivity contribution is -0.385. The molecule has 5 nitrogen and oxygen atoms in total. The molecule has 0 saturated heterocycles. The highest BCUT2D eigenvalue weighted by Crippen LogP contribution is 2.33. The zero-order valence-corrected chi connectivity index (χ0v) is 12.1. The van der Waals surface area contributed by atoms with Crippen molar-refractivity contribution in [2.75, 3.05) is 6.54 Å². The molecule has 0 heterocycles. The number of aliphatic hydroxyl groups excluding tert-OH is 1. The topological polar surface area (TPSA) is 75.4 Å². The van der Waals surface area contributed by atoms with Crippen molar-refractivity contribution in [2.24, 2.45) is 5.92 Å². The SMILES string of the molecule is O=[N+]([O-])c1ccc2c(c1)[C@H](NC[C@@H]1CC[C@@H](O)C1)CCC2. The van der Waals surface area contributed by atoms with Gasteiger partial charge in [0.2, 0.25) is 0 Å². The second-order valence-corrected chi connectivity index (χ2v) is 6.33. The Kier molecular flexibility index (Phi) is 4.22. The van der Waals surface area contributed by atoms with Crippen LogP contribution in [0.3, 0.4) is 0 Å². The van der Waals surface area contributed by atoms with Gasteiger partial charge in [-0.15, -0.1) is 0 Å². The lowest BCUT2D eigenvalue weighted by atomic mass is 9.87. The van der Waals surface area contributed by atoms with Crippen molar-refractivity contribution in [3.05, 3.63) is 39.4 Å². The summed E-state index contributed by atoms with van der Waals surface area (Å²) in [4.78, 5) is 10.6. The van der Waals surface area contributed by atoms with E-state index >= 15 is 0 Å². The number of fused-ring (bicyclic) bond motifs is 1. The molecule has 0 aliphatic heterocycles. The second kappa shape index (κ2) is 6.12.